The summed E-state index contributed by atoms with van der Waals surface area (Å²) in [7, 11) is 0. The van der Waals surface area contributed by atoms with Crippen molar-refractivity contribution in [3.63, 3.8) is 0 Å². The normalized spacial score (nSPS) is 12.2. The number of nitro benzene ring substituents is 1. The van der Waals surface area contributed by atoms with E-state index >= 15 is 0 Å². The summed E-state index contributed by atoms with van der Waals surface area (Å²) in [6, 6.07) is 5.37. The lowest BCUT2D eigenvalue weighted by molar-refractivity contribution is -0.384. The van der Waals surface area contributed by atoms with E-state index in [1.54, 1.807) is 18.2 Å². The van der Waals surface area contributed by atoms with E-state index in [2.05, 4.69) is 19.2 Å². The largest absolute Gasteiger partial charge is 0.382 e. The monoisotopic (exact) mass is 250 g/mol. The Bertz CT molecular complexity index is 405. The summed E-state index contributed by atoms with van der Waals surface area (Å²) in [5.74, 6) is 0. The summed E-state index contributed by atoms with van der Waals surface area (Å²) in [5.41, 5.74) is 2.08. The number of hydrogen-bond donors (Lipinski definition) is 1. The number of aryl methyl sites for hydroxylation is 1. The molecule has 0 heterocycles. The highest BCUT2D eigenvalue weighted by Crippen LogP contribution is 2.23. The standard InChI is InChI=1S/C14H22N2O2/c1-4-6-7-12(5-2)15-14-10-13(16(17)18)9-8-11(14)3/h8-10,12,15H,4-7H2,1-3H3. The lowest BCUT2D eigenvalue weighted by atomic mass is 10.1. The Labute approximate surface area is 109 Å². The highest BCUT2D eigenvalue weighted by Gasteiger charge is 2.11. The molecule has 1 aromatic carbocycles. The average Bonchev–Trinajstić information content (AvgIpc) is 2.36. The molecule has 1 rings (SSSR count). The van der Waals surface area contributed by atoms with Crippen molar-refractivity contribution in [1.29, 1.82) is 0 Å². The first-order valence-corrected chi connectivity index (χ1v) is 6.60. The molecule has 4 heteroatoms. The molecule has 0 fully saturated rings. The van der Waals surface area contributed by atoms with Gasteiger partial charge in [0.25, 0.3) is 5.69 Å². The average molecular weight is 250 g/mol. The van der Waals surface area contributed by atoms with Crippen LogP contribution in [0.2, 0.25) is 0 Å². The summed E-state index contributed by atoms with van der Waals surface area (Å²) >= 11 is 0. The number of anilines is 1. The molecule has 1 aromatic rings. The zero-order valence-corrected chi connectivity index (χ0v) is 11.4. The van der Waals surface area contributed by atoms with Crippen molar-refractivity contribution in [1.82, 2.24) is 0 Å². The first-order valence-electron chi connectivity index (χ1n) is 6.60. The lowest BCUT2D eigenvalue weighted by Gasteiger charge is -2.19. The predicted octanol–water partition coefficient (Wildman–Crippen LogP) is 4.28. The zero-order chi connectivity index (χ0) is 13.5. The number of unbranched alkanes of at least 4 members (excludes halogenated alkanes) is 1. The molecular weight excluding hydrogens is 228 g/mol. The first-order chi connectivity index (χ1) is 8.58. The molecule has 0 amide bonds. The fourth-order valence-electron chi connectivity index (χ4n) is 1.93. The maximum atomic E-state index is 10.8. The van der Waals surface area contributed by atoms with E-state index in [1.807, 2.05) is 6.92 Å². The minimum absolute atomic E-state index is 0.147. The molecule has 100 valence electrons. The number of benzene rings is 1. The van der Waals surface area contributed by atoms with E-state index in [0.29, 0.717) is 6.04 Å². The van der Waals surface area contributed by atoms with Gasteiger partial charge in [0.05, 0.1) is 4.92 Å². The lowest BCUT2D eigenvalue weighted by Crippen LogP contribution is -2.18. The fourth-order valence-corrected chi connectivity index (χ4v) is 1.93. The Kier molecular flexibility index (Phi) is 5.62. The molecule has 1 unspecified atom stereocenters. The molecule has 0 radical (unpaired) electrons. The van der Waals surface area contributed by atoms with Crippen LogP contribution in [0.5, 0.6) is 0 Å². The number of hydrogen-bond acceptors (Lipinski definition) is 3. The van der Waals surface area contributed by atoms with Crippen LogP contribution in [-0.4, -0.2) is 11.0 Å². The van der Waals surface area contributed by atoms with Crippen molar-refractivity contribution in [2.75, 3.05) is 5.32 Å². The first kappa shape index (κ1) is 14.5. The van der Waals surface area contributed by atoms with Crippen LogP contribution in [0.15, 0.2) is 18.2 Å². The third-order valence-electron chi connectivity index (χ3n) is 3.19. The summed E-state index contributed by atoms with van der Waals surface area (Å²) in [6.07, 6.45) is 4.49. The molecular formula is C14H22N2O2. The number of nitro groups is 1. The molecule has 0 spiro atoms. The van der Waals surface area contributed by atoms with Gasteiger partial charge in [-0.05, 0) is 25.3 Å². The third-order valence-corrected chi connectivity index (χ3v) is 3.19. The van der Waals surface area contributed by atoms with Crippen LogP contribution in [0.25, 0.3) is 0 Å². The highest BCUT2D eigenvalue weighted by atomic mass is 16.6. The second-order valence-corrected chi connectivity index (χ2v) is 4.65. The summed E-state index contributed by atoms with van der Waals surface area (Å²) < 4.78 is 0. The van der Waals surface area contributed by atoms with Crippen LogP contribution in [0.3, 0.4) is 0 Å². The van der Waals surface area contributed by atoms with Crippen LogP contribution in [0, 0.1) is 17.0 Å². The fraction of sp³-hybridized carbons (Fsp3) is 0.571. The number of nitrogens with one attached hydrogen (secondary N) is 1. The van der Waals surface area contributed by atoms with Crippen molar-refractivity contribution in [2.24, 2.45) is 0 Å². The summed E-state index contributed by atoms with van der Waals surface area (Å²) in [5, 5.41) is 14.2. The molecule has 0 aliphatic carbocycles. The van der Waals surface area contributed by atoms with Gasteiger partial charge in [0, 0.05) is 23.9 Å². The number of rotatable bonds is 7. The van der Waals surface area contributed by atoms with Gasteiger partial charge < -0.3 is 5.32 Å². The van der Waals surface area contributed by atoms with Crippen LogP contribution in [0.4, 0.5) is 11.4 Å². The molecule has 1 N–H and O–H groups in total. The van der Waals surface area contributed by atoms with Crippen LogP contribution < -0.4 is 5.32 Å². The second-order valence-electron chi connectivity index (χ2n) is 4.65. The summed E-state index contributed by atoms with van der Waals surface area (Å²) in [4.78, 5) is 10.4. The Morgan fingerprint density at radius 3 is 2.67 bits per heavy atom. The van der Waals surface area contributed by atoms with E-state index in [-0.39, 0.29) is 10.6 Å². The minimum Gasteiger partial charge on any atom is -0.382 e. The van der Waals surface area contributed by atoms with E-state index in [9.17, 15) is 10.1 Å². The maximum Gasteiger partial charge on any atom is 0.271 e. The molecule has 0 saturated heterocycles. The Morgan fingerprint density at radius 1 is 1.39 bits per heavy atom. The van der Waals surface area contributed by atoms with Gasteiger partial charge in [-0.2, -0.15) is 0 Å². The molecule has 0 aromatic heterocycles. The van der Waals surface area contributed by atoms with Crippen LogP contribution in [-0.2, 0) is 0 Å². The quantitative estimate of drug-likeness (QED) is 0.580. The van der Waals surface area contributed by atoms with Gasteiger partial charge in [0.2, 0.25) is 0 Å². The van der Waals surface area contributed by atoms with E-state index in [0.717, 1.165) is 24.1 Å². The minimum atomic E-state index is -0.350. The van der Waals surface area contributed by atoms with Crippen molar-refractivity contribution in [3.8, 4) is 0 Å². The third kappa shape index (κ3) is 4.02. The predicted molar refractivity (Wildman–Crippen MR) is 75.1 cm³/mol. The Balaban J connectivity index is 2.80. The molecule has 0 aliphatic heterocycles. The summed E-state index contributed by atoms with van der Waals surface area (Å²) in [6.45, 7) is 6.28. The Hall–Kier alpha value is -1.58. The zero-order valence-electron chi connectivity index (χ0n) is 11.4. The topological polar surface area (TPSA) is 55.2 Å². The van der Waals surface area contributed by atoms with Gasteiger partial charge in [-0.3, -0.25) is 10.1 Å². The van der Waals surface area contributed by atoms with E-state index < -0.39 is 0 Å². The van der Waals surface area contributed by atoms with E-state index in [1.165, 1.54) is 12.8 Å². The molecule has 4 nitrogen and oxygen atoms in total. The van der Waals surface area contributed by atoms with Gasteiger partial charge in [-0.1, -0.05) is 32.8 Å². The molecule has 18 heavy (non-hydrogen) atoms. The molecule has 0 aliphatic rings. The number of non-ortho nitro benzene ring substituents is 1. The maximum absolute atomic E-state index is 10.8. The van der Waals surface area contributed by atoms with Gasteiger partial charge in [-0.25, -0.2) is 0 Å². The van der Waals surface area contributed by atoms with Crippen molar-refractivity contribution < 1.29 is 4.92 Å². The van der Waals surface area contributed by atoms with Gasteiger partial charge in [0.15, 0.2) is 0 Å². The van der Waals surface area contributed by atoms with Gasteiger partial charge >= 0.3 is 0 Å². The molecule has 0 saturated carbocycles. The van der Waals surface area contributed by atoms with E-state index in [4.69, 9.17) is 0 Å². The molecule has 0 bridgehead atoms. The highest BCUT2D eigenvalue weighted by molar-refractivity contribution is 5.57. The van der Waals surface area contributed by atoms with Crippen molar-refractivity contribution in [2.45, 2.75) is 52.5 Å². The van der Waals surface area contributed by atoms with Crippen molar-refractivity contribution >= 4 is 11.4 Å². The smallest absolute Gasteiger partial charge is 0.271 e. The SMILES string of the molecule is CCCCC(CC)Nc1cc([N+](=O)[O-])ccc1C. The van der Waals surface area contributed by atoms with Crippen LogP contribution in [0.1, 0.15) is 45.1 Å². The molecule has 1 atom stereocenters. The van der Waals surface area contributed by atoms with Crippen molar-refractivity contribution in [3.05, 3.63) is 33.9 Å². The second kappa shape index (κ2) is 6.99. The Morgan fingerprint density at radius 2 is 2.11 bits per heavy atom. The van der Waals surface area contributed by atoms with Gasteiger partial charge in [0.1, 0.15) is 0 Å². The van der Waals surface area contributed by atoms with Crippen LogP contribution >= 0.6 is 0 Å². The number of nitrogens with zero attached hydrogens (tertiary/aromatic N) is 1. The van der Waals surface area contributed by atoms with Gasteiger partial charge in [-0.15, -0.1) is 0 Å².